The van der Waals surface area contributed by atoms with Gasteiger partial charge in [0.1, 0.15) is 17.7 Å². The minimum Gasteiger partial charge on any atom is -0.506 e. The Kier molecular flexibility index (Phi) is 5.34. The first-order valence-corrected chi connectivity index (χ1v) is 8.60. The fourth-order valence-corrected chi connectivity index (χ4v) is 3.35. The number of hydrogen-bond donors (Lipinski definition) is 2. The van der Waals surface area contributed by atoms with Crippen LogP contribution in [0.15, 0.2) is 16.7 Å². The molecule has 2 N–H and O–H groups in total. The molecule has 2 aromatic heterocycles. The first-order chi connectivity index (χ1) is 11.9. The van der Waals surface area contributed by atoms with Crippen LogP contribution in [0.25, 0.3) is 0 Å². The highest BCUT2D eigenvalue weighted by atomic mass is 19.1. The van der Waals surface area contributed by atoms with Gasteiger partial charge in [-0.2, -0.15) is 0 Å². The molecular weight excluding hydrogens is 323 g/mol. The molecule has 0 unspecified atom stereocenters. The van der Waals surface area contributed by atoms with Crippen molar-refractivity contribution in [2.24, 2.45) is 0 Å². The number of nitrogens with one attached hydrogen (secondary N) is 1. The number of hydrogen-bond acceptors (Lipinski definition) is 6. The van der Waals surface area contributed by atoms with E-state index >= 15 is 0 Å². The number of halogens is 1. The molecule has 3 heterocycles. The Morgan fingerprint density at radius 2 is 2.16 bits per heavy atom. The number of rotatable bonds is 6. The molecule has 3 rings (SSSR count). The monoisotopic (exact) mass is 348 g/mol. The third-order valence-electron chi connectivity index (χ3n) is 4.78. The minimum atomic E-state index is -0.822. The van der Waals surface area contributed by atoms with Crippen LogP contribution in [0.5, 0.6) is 5.75 Å². The van der Waals surface area contributed by atoms with Gasteiger partial charge in [-0.15, -0.1) is 0 Å². The van der Waals surface area contributed by atoms with Gasteiger partial charge in [0.05, 0.1) is 11.4 Å². The Morgan fingerprint density at radius 3 is 2.88 bits per heavy atom. The number of alkyl halides is 1. The average Bonchev–Trinajstić information content (AvgIpc) is 3.07. The zero-order valence-electron chi connectivity index (χ0n) is 14.9. The van der Waals surface area contributed by atoms with Crippen LogP contribution in [0.2, 0.25) is 0 Å². The molecule has 2 aromatic rings. The van der Waals surface area contributed by atoms with Crippen molar-refractivity contribution in [2.75, 3.05) is 13.1 Å². The van der Waals surface area contributed by atoms with Crippen molar-refractivity contribution in [3.05, 3.63) is 40.5 Å². The summed E-state index contributed by atoms with van der Waals surface area (Å²) in [7, 11) is 0. The molecule has 0 aromatic carbocycles. The maximum Gasteiger partial charge on any atom is 0.138 e. The molecule has 1 aliphatic heterocycles. The number of aromatic hydroxyl groups is 1. The van der Waals surface area contributed by atoms with Crippen LogP contribution < -0.4 is 5.32 Å². The molecule has 0 saturated carbocycles. The number of pyridine rings is 1. The molecule has 0 amide bonds. The van der Waals surface area contributed by atoms with Crippen LogP contribution in [0.1, 0.15) is 34.8 Å². The Bertz CT molecular complexity index is 714. The molecule has 0 bridgehead atoms. The van der Waals surface area contributed by atoms with Crippen molar-refractivity contribution in [2.45, 2.75) is 52.5 Å². The van der Waals surface area contributed by atoms with Crippen molar-refractivity contribution in [3.63, 3.8) is 0 Å². The van der Waals surface area contributed by atoms with E-state index in [1.807, 2.05) is 20.8 Å². The molecule has 1 saturated heterocycles. The van der Waals surface area contributed by atoms with E-state index in [0.29, 0.717) is 38.3 Å². The highest BCUT2D eigenvalue weighted by molar-refractivity contribution is 5.27. The summed E-state index contributed by atoms with van der Waals surface area (Å²) in [6.45, 7) is 7.84. The SMILES string of the molecule is Cc1ccc(O)c(CNC[C@@H]2C[C@H](F)CN2Cc2c(C)noc2C)n1. The van der Waals surface area contributed by atoms with Crippen molar-refractivity contribution in [3.8, 4) is 5.75 Å². The smallest absolute Gasteiger partial charge is 0.138 e. The Morgan fingerprint density at radius 1 is 1.36 bits per heavy atom. The summed E-state index contributed by atoms with van der Waals surface area (Å²) in [5.41, 5.74) is 3.38. The molecule has 1 aliphatic rings. The van der Waals surface area contributed by atoms with Gasteiger partial charge in [0.2, 0.25) is 0 Å². The highest BCUT2D eigenvalue weighted by Gasteiger charge is 2.32. The molecule has 25 heavy (non-hydrogen) atoms. The van der Waals surface area contributed by atoms with Crippen LogP contribution in [-0.2, 0) is 13.1 Å². The van der Waals surface area contributed by atoms with Crippen LogP contribution in [0.4, 0.5) is 4.39 Å². The summed E-state index contributed by atoms with van der Waals surface area (Å²) in [4.78, 5) is 6.47. The fraction of sp³-hybridized carbons (Fsp3) is 0.556. The summed E-state index contributed by atoms with van der Waals surface area (Å²) in [6, 6.07) is 3.51. The summed E-state index contributed by atoms with van der Waals surface area (Å²) in [5.74, 6) is 0.973. The largest absolute Gasteiger partial charge is 0.506 e. The fourth-order valence-electron chi connectivity index (χ4n) is 3.35. The second-order valence-electron chi connectivity index (χ2n) is 6.77. The van der Waals surface area contributed by atoms with Crippen molar-refractivity contribution >= 4 is 0 Å². The third kappa shape index (κ3) is 4.16. The normalized spacial score (nSPS) is 21.1. The maximum atomic E-state index is 14.0. The van der Waals surface area contributed by atoms with E-state index in [1.54, 1.807) is 12.1 Å². The molecule has 7 heteroatoms. The van der Waals surface area contributed by atoms with Crippen molar-refractivity contribution in [1.29, 1.82) is 0 Å². The lowest BCUT2D eigenvalue weighted by Gasteiger charge is -2.24. The first kappa shape index (κ1) is 17.8. The van der Waals surface area contributed by atoms with E-state index in [9.17, 15) is 9.50 Å². The number of nitrogens with zero attached hydrogens (tertiary/aromatic N) is 3. The molecule has 6 nitrogen and oxygen atoms in total. The van der Waals surface area contributed by atoms with E-state index in [1.165, 1.54) is 0 Å². The van der Waals surface area contributed by atoms with Gasteiger partial charge < -0.3 is 14.9 Å². The van der Waals surface area contributed by atoms with Gasteiger partial charge in [0, 0.05) is 43.5 Å². The van der Waals surface area contributed by atoms with Gasteiger partial charge in [0.25, 0.3) is 0 Å². The maximum absolute atomic E-state index is 14.0. The summed E-state index contributed by atoms with van der Waals surface area (Å²) < 4.78 is 19.2. The van der Waals surface area contributed by atoms with E-state index in [0.717, 1.165) is 22.7 Å². The standard InChI is InChI=1S/C18H25FN4O2/c1-11-4-5-18(24)17(21-11)8-20-7-15-6-14(19)9-23(15)10-16-12(2)22-25-13(16)3/h4-5,14-15,20,24H,6-10H2,1-3H3/t14-,15-/m0/s1. The second kappa shape index (κ2) is 7.49. The summed E-state index contributed by atoms with van der Waals surface area (Å²) in [5, 5.41) is 17.1. The van der Waals surface area contributed by atoms with Gasteiger partial charge >= 0.3 is 0 Å². The molecule has 0 spiro atoms. The van der Waals surface area contributed by atoms with Crippen LogP contribution in [0.3, 0.4) is 0 Å². The molecule has 136 valence electrons. The van der Waals surface area contributed by atoms with E-state index < -0.39 is 6.17 Å². The Balaban J connectivity index is 1.59. The summed E-state index contributed by atoms with van der Waals surface area (Å²) >= 11 is 0. The highest BCUT2D eigenvalue weighted by Crippen LogP contribution is 2.25. The van der Waals surface area contributed by atoms with Gasteiger partial charge in [0.15, 0.2) is 0 Å². The zero-order valence-corrected chi connectivity index (χ0v) is 14.9. The van der Waals surface area contributed by atoms with Gasteiger partial charge in [-0.1, -0.05) is 5.16 Å². The van der Waals surface area contributed by atoms with E-state index in [-0.39, 0.29) is 11.8 Å². The molecule has 1 fully saturated rings. The Labute approximate surface area is 147 Å². The quantitative estimate of drug-likeness (QED) is 0.835. The molecule has 0 aliphatic carbocycles. The van der Waals surface area contributed by atoms with Gasteiger partial charge in [-0.05, 0) is 39.3 Å². The van der Waals surface area contributed by atoms with Crippen LogP contribution >= 0.6 is 0 Å². The van der Waals surface area contributed by atoms with Crippen LogP contribution in [0, 0.1) is 20.8 Å². The topological polar surface area (TPSA) is 74.4 Å². The molecular formula is C18H25FN4O2. The van der Waals surface area contributed by atoms with Crippen molar-refractivity contribution < 1.29 is 14.0 Å². The van der Waals surface area contributed by atoms with E-state index in [4.69, 9.17) is 4.52 Å². The second-order valence-corrected chi connectivity index (χ2v) is 6.77. The summed E-state index contributed by atoms with van der Waals surface area (Å²) in [6.07, 6.45) is -0.318. The predicted molar refractivity (Wildman–Crippen MR) is 92.0 cm³/mol. The lowest BCUT2D eigenvalue weighted by molar-refractivity contribution is 0.228. The van der Waals surface area contributed by atoms with Gasteiger partial charge in [-0.3, -0.25) is 9.88 Å². The predicted octanol–water partition coefficient (Wildman–Crippen LogP) is 2.40. The number of aryl methyl sites for hydroxylation is 3. The average molecular weight is 348 g/mol. The molecule has 2 atom stereocenters. The number of aromatic nitrogens is 2. The minimum absolute atomic E-state index is 0.0932. The van der Waals surface area contributed by atoms with E-state index in [2.05, 4.69) is 20.4 Å². The first-order valence-electron chi connectivity index (χ1n) is 8.60. The van der Waals surface area contributed by atoms with Crippen molar-refractivity contribution in [1.82, 2.24) is 20.4 Å². The lowest BCUT2D eigenvalue weighted by Crippen LogP contribution is -2.37. The van der Waals surface area contributed by atoms with Gasteiger partial charge in [-0.25, -0.2) is 4.39 Å². The van der Waals surface area contributed by atoms with Crippen LogP contribution in [-0.4, -0.2) is 45.5 Å². The zero-order chi connectivity index (χ0) is 18.0. The lowest BCUT2D eigenvalue weighted by atomic mass is 10.1. The number of likely N-dealkylation sites (tertiary alicyclic amines) is 1. The third-order valence-corrected chi connectivity index (χ3v) is 4.78. The Hall–Kier alpha value is -1.99. The molecule has 0 radical (unpaired) electrons.